The highest BCUT2D eigenvalue weighted by molar-refractivity contribution is 5.87. The fourth-order valence-electron chi connectivity index (χ4n) is 8.96. The molecule has 0 heterocycles. The number of anilines is 6. The van der Waals surface area contributed by atoms with Crippen LogP contribution in [0.3, 0.4) is 0 Å². The third-order valence-electron chi connectivity index (χ3n) is 12.2. The fraction of sp³-hybridized carbons (Fsp3) is 0.0625. The molecule has 0 unspecified atom stereocenters. The summed E-state index contributed by atoms with van der Waals surface area (Å²) in [7, 11) is 0. The third-order valence-corrected chi connectivity index (χ3v) is 12.2. The Balaban J connectivity index is 0.997. The second-order valence-corrected chi connectivity index (χ2v) is 16.5. The van der Waals surface area contributed by atoms with Gasteiger partial charge in [-0.2, -0.15) is 0 Å². The lowest BCUT2D eigenvalue weighted by atomic mass is 9.92. The minimum Gasteiger partial charge on any atom is -0.311 e. The van der Waals surface area contributed by atoms with Gasteiger partial charge in [-0.05, 0) is 160 Å². The van der Waals surface area contributed by atoms with Crippen LogP contribution in [0, 0.1) is 0 Å². The summed E-state index contributed by atoms with van der Waals surface area (Å²) in [4.78, 5) is 4.66. The Hall–Kier alpha value is -8.20. The van der Waals surface area contributed by atoms with Crippen LogP contribution in [0.2, 0.25) is 0 Å². The van der Waals surface area contributed by atoms with Gasteiger partial charge in [-0.15, -0.1) is 0 Å². The Labute approximate surface area is 390 Å². The van der Waals surface area contributed by atoms with E-state index in [9.17, 15) is 0 Å². The quantitative estimate of drug-likeness (QED) is 0.101. The molecular formula is C64H54N2. The van der Waals surface area contributed by atoms with Crippen molar-refractivity contribution in [3.05, 3.63) is 288 Å². The van der Waals surface area contributed by atoms with Crippen molar-refractivity contribution in [2.45, 2.75) is 26.2 Å². The summed E-state index contributed by atoms with van der Waals surface area (Å²) in [5.41, 5.74) is 17.7. The molecule has 0 fully saturated rings. The van der Waals surface area contributed by atoms with Crippen molar-refractivity contribution in [1.82, 2.24) is 0 Å². The number of para-hydroxylation sites is 2. The third kappa shape index (κ3) is 9.65. The van der Waals surface area contributed by atoms with Gasteiger partial charge in [-0.25, -0.2) is 0 Å². The summed E-state index contributed by atoms with van der Waals surface area (Å²) >= 11 is 0. The molecule has 0 atom stereocenters. The highest BCUT2D eigenvalue weighted by Crippen LogP contribution is 2.40. The molecule has 66 heavy (non-hydrogen) atoms. The van der Waals surface area contributed by atoms with Gasteiger partial charge < -0.3 is 9.80 Å². The van der Waals surface area contributed by atoms with Crippen LogP contribution in [0.25, 0.3) is 34.4 Å². The van der Waals surface area contributed by atoms with E-state index in [1.54, 1.807) is 0 Å². The molecule has 0 amide bonds. The molecule has 320 valence electrons. The second kappa shape index (κ2) is 20.5. The van der Waals surface area contributed by atoms with Crippen LogP contribution in [0.4, 0.5) is 34.1 Å². The molecule has 0 aliphatic heterocycles. The molecule has 2 heteroatoms. The van der Waals surface area contributed by atoms with Gasteiger partial charge in [0.25, 0.3) is 0 Å². The first-order valence-corrected chi connectivity index (χ1v) is 22.9. The molecule has 1 aliphatic rings. The normalized spacial score (nSPS) is 13.0. The summed E-state index contributed by atoms with van der Waals surface area (Å²) in [6, 6.07) is 74.1. The molecule has 0 N–H and O–H groups in total. The van der Waals surface area contributed by atoms with E-state index in [1.807, 2.05) is 18.2 Å². The predicted octanol–water partition coefficient (Wildman–Crippen LogP) is 16.1. The zero-order chi connectivity index (χ0) is 45.1. The summed E-state index contributed by atoms with van der Waals surface area (Å²) in [5, 5.41) is 2.15. The Morgan fingerprint density at radius 2 is 1.00 bits per heavy atom. The number of hydrogen-bond acceptors (Lipinski definition) is 2. The number of allylic oxidation sites excluding steroid dienone is 9. The van der Waals surface area contributed by atoms with Crippen molar-refractivity contribution >= 4 is 46.3 Å². The van der Waals surface area contributed by atoms with Crippen LogP contribution in [0.15, 0.2) is 267 Å². The maximum absolute atomic E-state index is 4.31. The lowest BCUT2D eigenvalue weighted by molar-refractivity contribution is 0.948. The number of rotatable bonds is 14. The van der Waals surface area contributed by atoms with Crippen LogP contribution >= 0.6 is 0 Å². The fourth-order valence-corrected chi connectivity index (χ4v) is 8.96. The zero-order valence-electron chi connectivity index (χ0n) is 37.6. The molecular weight excluding hydrogens is 797 g/mol. The topological polar surface area (TPSA) is 6.48 Å². The number of nitrogens with zero attached hydrogens (tertiary/aromatic N) is 2. The van der Waals surface area contributed by atoms with Gasteiger partial charge >= 0.3 is 0 Å². The van der Waals surface area contributed by atoms with Crippen molar-refractivity contribution in [3.63, 3.8) is 0 Å². The van der Waals surface area contributed by atoms with E-state index in [1.165, 1.54) is 33.4 Å². The molecule has 9 rings (SSSR count). The maximum Gasteiger partial charge on any atom is 0.0462 e. The summed E-state index contributed by atoms with van der Waals surface area (Å²) in [6.07, 6.45) is 18.0. The minimum absolute atomic E-state index is 0.902. The Morgan fingerprint density at radius 1 is 0.530 bits per heavy atom. The van der Waals surface area contributed by atoms with Crippen LogP contribution in [-0.2, 0) is 6.42 Å². The van der Waals surface area contributed by atoms with Gasteiger partial charge in [0, 0.05) is 34.1 Å². The predicted molar refractivity (Wildman–Crippen MR) is 284 cm³/mol. The second-order valence-electron chi connectivity index (χ2n) is 16.5. The standard InChI is InChI=1S/C64H54N2/c1-4-6-21-50-22-14-15-23-54(50)47-49-31-39-57(40-32-49)65(55-24-9-7-10-25-55)58-43-35-52(36-44-58)63-29-17-18-30-64(63)53-37-45-60(46-38-53)66(56-26-11-8-12-27-56)59-41-33-51(34-42-59)62(19-5-2)61-28-16-13-20-48(61)3/h4-13,15-21,23-46H,1,3,14,22,47H2,2H3/b19-5-,21-6-,62-61+. The first-order chi connectivity index (χ1) is 32.6. The van der Waals surface area contributed by atoms with Gasteiger partial charge in [0.1, 0.15) is 0 Å². The molecule has 0 saturated heterocycles. The van der Waals surface area contributed by atoms with Gasteiger partial charge in [0.15, 0.2) is 0 Å². The number of benzene rings is 8. The zero-order valence-corrected chi connectivity index (χ0v) is 37.6. The summed E-state index contributed by atoms with van der Waals surface area (Å²) < 4.78 is 0. The van der Waals surface area contributed by atoms with Gasteiger partial charge in [-0.3, -0.25) is 0 Å². The molecule has 8 aromatic carbocycles. The number of hydrogen-bond donors (Lipinski definition) is 0. The first kappa shape index (κ1) is 43.1. The van der Waals surface area contributed by atoms with E-state index in [0.29, 0.717) is 0 Å². The Kier molecular flexibility index (Phi) is 13.4. The molecule has 0 bridgehead atoms. The van der Waals surface area contributed by atoms with Gasteiger partial charge in [0.05, 0.1) is 0 Å². The highest BCUT2D eigenvalue weighted by atomic mass is 15.1. The lowest BCUT2D eigenvalue weighted by Crippen LogP contribution is -2.24. The molecule has 0 spiro atoms. The largest absolute Gasteiger partial charge is 0.311 e. The molecule has 0 saturated carbocycles. The summed E-state index contributed by atoms with van der Waals surface area (Å²) in [5.74, 6) is 0. The van der Waals surface area contributed by atoms with Crippen molar-refractivity contribution in [3.8, 4) is 22.3 Å². The van der Waals surface area contributed by atoms with Crippen molar-refractivity contribution in [2.24, 2.45) is 0 Å². The van der Waals surface area contributed by atoms with E-state index >= 15 is 0 Å². The SMILES string of the molecule is C=C/C=C\C1=C(Cc2ccc(N(c3ccccc3)c3ccc(-c4ccccc4-c4ccc(N(c5ccccc5)c5ccc(C(/C=C\C)=c6\ccccc6=C)cc5)cc4)cc3)cc2)C=CCC1. The van der Waals surface area contributed by atoms with E-state index in [2.05, 4.69) is 260 Å². The smallest absolute Gasteiger partial charge is 0.0462 e. The van der Waals surface area contributed by atoms with Crippen LogP contribution < -0.4 is 20.2 Å². The molecule has 2 nitrogen and oxygen atoms in total. The van der Waals surface area contributed by atoms with Crippen molar-refractivity contribution < 1.29 is 0 Å². The van der Waals surface area contributed by atoms with Gasteiger partial charge in [0.2, 0.25) is 0 Å². The van der Waals surface area contributed by atoms with E-state index in [-0.39, 0.29) is 0 Å². The maximum atomic E-state index is 4.31. The van der Waals surface area contributed by atoms with Crippen LogP contribution in [0.5, 0.6) is 0 Å². The average Bonchev–Trinajstić information content (AvgIpc) is 3.38. The molecule has 0 radical (unpaired) electrons. The first-order valence-electron chi connectivity index (χ1n) is 22.9. The Morgan fingerprint density at radius 3 is 1.52 bits per heavy atom. The van der Waals surface area contributed by atoms with Crippen LogP contribution in [0.1, 0.15) is 30.9 Å². The van der Waals surface area contributed by atoms with Crippen molar-refractivity contribution in [2.75, 3.05) is 9.80 Å². The minimum atomic E-state index is 0.902. The van der Waals surface area contributed by atoms with Crippen LogP contribution in [-0.4, -0.2) is 0 Å². The molecule has 1 aliphatic carbocycles. The van der Waals surface area contributed by atoms with E-state index in [4.69, 9.17) is 0 Å². The lowest BCUT2D eigenvalue weighted by Gasteiger charge is -2.26. The Bertz CT molecular complexity index is 3150. The highest BCUT2D eigenvalue weighted by Gasteiger charge is 2.17. The summed E-state index contributed by atoms with van der Waals surface area (Å²) in [6.45, 7) is 10.2. The molecule has 0 aromatic heterocycles. The average molecular weight is 851 g/mol. The van der Waals surface area contributed by atoms with E-state index < -0.39 is 0 Å². The van der Waals surface area contributed by atoms with Crippen molar-refractivity contribution in [1.29, 1.82) is 0 Å². The molecule has 8 aromatic rings. The van der Waals surface area contributed by atoms with E-state index in [0.717, 1.165) is 80.5 Å². The monoisotopic (exact) mass is 850 g/mol. The van der Waals surface area contributed by atoms with Gasteiger partial charge in [-0.1, -0.05) is 189 Å².